The summed E-state index contributed by atoms with van der Waals surface area (Å²) < 4.78 is 0. The molecule has 0 aromatic carbocycles. The molecule has 0 aliphatic carbocycles. The second kappa shape index (κ2) is 6.47. The second-order valence-corrected chi connectivity index (χ2v) is 4.56. The van der Waals surface area contributed by atoms with Gasteiger partial charge in [0.05, 0.1) is 5.69 Å². The van der Waals surface area contributed by atoms with Crippen LogP contribution in [0.4, 0.5) is 0 Å². The van der Waals surface area contributed by atoms with E-state index >= 15 is 0 Å². The molecule has 1 atom stereocenters. The number of aliphatic hydroxyl groups is 1. The van der Waals surface area contributed by atoms with Crippen molar-refractivity contribution in [2.45, 2.75) is 38.8 Å². The van der Waals surface area contributed by atoms with Crippen molar-refractivity contribution >= 4 is 5.97 Å². The van der Waals surface area contributed by atoms with Gasteiger partial charge < -0.3 is 15.5 Å². The van der Waals surface area contributed by atoms with Crippen LogP contribution in [0.5, 0.6) is 0 Å². The van der Waals surface area contributed by atoms with Crippen LogP contribution in [-0.2, 0) is 6.54 Å². The molecule has 0 amide bonds. The van der Waals surface area contributed by atoms with E-state index in [1.807, 2.05) is 13.8 Å². The number of nitrogens with zero attached hydrogens (tertiary/aromatic N) is 1. The van der Waals surface area contributed by atoms with Crippen LogP contribution in [0.2, 0.25) is 0 Å². The summed E-state index contributed by atoms with van der Waals surface area (Å²) in [6.07, 6.45) is 1.54. The molecule has 0 radical (unpaired) electrons. The minimum atomic E-state index is -1.02. The van der Waals surface area contributed by atoms with Gasteiger partial charge in [0.25, 0.3) is 0 Å². The summed E-state index contributed by atoms with van der Waals surface area (Å²) in [6.45, 7) is 4.69. The number of carboxylic acids is 1. The Labute approximate surface area is 107 Å². The Morgan fingerprint density at radius 3 is 2.78 bits per heavy atom. The molecule has 0 aliphatic rings. The third-order valence-corrected chi connectivity index (χ3v) is 3.17. The average Bonchev–Trinajstić information content (AvgIpc) is 2.37. The number of aromatic nitrogens is 1. The van der Waals surface area contributed by atoms with Crippen molar-refractivity contribution in [3.05, 3.63) is 29.6 Å². The highest BCUT2D eigenvalue weighted by Gasteiger charge is 2.20. The SMILES string of the molecule is CCC(C)(CCO)NCc1cccc(C(=O)O)n1. The predicted molar refractivity (Wildman–Crippen MR) is 68.4 cm³/mol. The maximum absolute atomic E-state index is 10.8. The molecule has 0 spiro atoms. The van der Waals surface area contributed by atoms with E-state index in [-0.39, 0.29) is 17.8 Å². The number of rotatable bonds is 7. The topological polar surface area (TPSA) is 82.5 Å². The zero-order valence-electron chi connectivity index (χ0n) is 10.8. The zero-order chi connectivity index (χ0) is 13.6. The molecule has 3 N–H and O–H groups in total. The fourth-order valence-electron chi connectivity index (χ4n) is 1.64. The number of pyridine rings is 1. The van der Waals surface area contributed by atoms with E-state index in [4.69, 9.17) is 10.2 Å². The standard InChI is InChI=1S/C13H20N2O3/c1-3-13(2,7-8-16)14-9-10-5-4-6-11(15-10)12(17)18/h4-6,14,16H,3,7-9H2,1-2H3,(H,17,18). The lowest BCUT2D eigenvalue weighted by Gasteiger charge is -2.29. The molecule has 1 unspecified atom stereocenters. The summed E-state index contributed by atoms with van der Waals surface area (Å²) >= 11 is 0. The molecule has 100 valence electrons. The molecule has 1 rings (SSSR count). The van der Waals surface area contributed by atoms with Crippen LogP contribution in [-0.4, -0.2) is 33.3 Å². The first kappa shape index (κ1) is 14.6. The Kier molecular flexibility index (Phi) is 5.25. The Morgan fingerprint density at radius 1 is 1.50 bits per heavy atom. The lowest BCUT2D eigenvalue weighted by atomic mass is 9.95. The van der Waals surface area contributed by atoms with Gasteiger partial charge in [0.15, 0.2) is 0 Å². The zero-order valence-corrected chi connectivity index (χ0v) is 10.8. The van der Waals surface area contributed by atoms with E-state index < -0.39 is 5.97 Å². The minimum absolute atomic E-state index is 0.0506. The van der Waals surface area contributed by atoms with Crippen molar-refractivity contribution in [2.24, 2.45) is 0 Å². The summed E-state index contributed by atoms with van der Waals surface area (Å²) in [6, 6.07) is 4.94. The van der Waals surface area contributed by atoms with Crippen molar-refractivity contribution in [3.63, 3.8) is 0 Å². The summed E-state index contributed by atoms with van der Waals surface area (Å²) in [5.74, 6) is -1.02. The number of hydrogen-bond acceptors (Lipinski definition) is 4. The number of aliphatic hydroxyl groups excluding tert-OH is 1. The van der Waals surface area contributed by atoms with Crippen molar-refractivity contribution in [1.29, 1.82) is 0 Å². The number of carboxylic acid groups (broad SMARTS) is 1. The number of carbonyl (C=O) groups is 1. The highest BCUT2D eigenvalue weighted by molar-refractivity contribution is 5.85. The summed E-state index contributed by atoms with van der Waals surface area (Å²) in [7, 11) is 0. The number of nitrogens with one attached hydrogen (secondary N) is 1. The molecule has 0 fully saturated rings. The summed E-state index contributed by atoms with van der Waals surface area (Å²) in [5.41, 5.74) is 0.581. The van der Waals surface area contributed by atoms with Gasteiger partial charge in [-0.05, 0) is 31.9 Å². The van der Waals surface area contributed by atoms with Crippen LogP contribution in [0.1, 0.15) is 42.9 Å². The van der Waals surface area contributed by atoms with Gasteiger partial charge in [-0.15, -0.1) is 0 Å². The quantitative estimate of drug-likeness (QED) is 0.683. The molecular formula is C13H20N2O3. The number of aromatic carboxylic acids is 1. The van der Waals surface area contributed by atoms with E-state index in [2.05, 4.69) is 10.3 Å². The fraction of sp³-hybridized carbons (Fsp3) is 0.538. The van der Waals surface area contributed by atoms with Crippen molar-refractivity contribution < 1.29 is 15.0 Å². The number of hydrogen-bond donors (Lipinski definition) is 3. The molecule has 5 heteroatoms. The third-order valence-electron chi connectivity index (χ3n) is 3.17. The van der Waals surface area contributed by atoms with Crippen LogP contribution in [0.3, 0.4) is 0 Å². The van der Waals surface area contributed by atoms with Gasteiger partial charge in [-0.25, -0.2) is 9.78 Å². The Balaban J connectivity index is 2.67. The van der Waals surface area contributed by atoms with Crippen molar-refractivity contribution in [3.8, 4) is 0 Å². The molecule has 0 bridgehead atoms. The van der Waals surface area contributed by atoms with Crippen molar-refractivity contribution in [2.75, 3.05) is 6.61 Å². The Hall–Kier alpha value is -1.46. The van der Waals surface area contributed by atoms with Crippen LogP contribution in [0.15, 0.2) is 18.2 Å². The van der Waals surface area contributed by atoms with Gasteiger partial charge in [-0.1, -0.05) is 13.0 Å². The summed E-state index contributed by atoms with van der Waals surface area (Å²) in [4.78, 5) is 14.8. The van der Waals surface area contributed by atoms with E-state index in [1.54, 1.807) is 12.1 Å². The van der Waals surface area contributed by atoms with Crippen LogP contribution in [0.25, 0.3) is 0 Å². The Bertz CT molecular complexity index is 409. The normalized spacial score (nSPS) is 14.2. The predicted octanol–water partition coefficient (Wildman–Crippen LogP) is 1.42. The second-order valence-electron chi connectivity index (χ2n) is 4.56. The maximum Gasteiger partial charge on any atom is 0.354 e. The first-order chi connectivity index (χ1) is 8.50. The molecule has 0 aliphatic heterocycles. The largest absolute Gasteiger partial charge is 0.477 e. The molecule has 18 heavy (non-hydrogen) atoms. The summed E-state index contributed by atoms with van der Waals surface area (Å²) in [5, 5.41) is 21.2. The first-order valence-corrected chi connectivity index (χ1v) is 6.06. The van der Waals surface area contributed by atoms with Gasteiger partial charge in [0.2, 0.25) is 0 Å². The molecule has 1 heterocycles. The van der Waals surface area contributed by atoms with Gasteiger partial charge in [-0.3, -0.25) is 0 Å². The highest BCUT2D eigenvalue weighted by atomic mass is 16.4. The maximum atomic E-state index is 10.8. The molecule has 0 saturated carbocycles. The average molecular weight is 252 g/mol. The van der Waals surface area contributed by atoms with E-state index in [0.29, 0.717) is 18.7 Å². The molecular weight excluding hydrogens is 232 g/mol. The van der Waals surface area contributed by atoms with E-state index in [9.17, 15) is 4.79 Å². The lowest BCUT2D eigenvalue weighted by molar-refractivity contribution is 0.0690. The van der Waals surface area contributed by atoms with Crippen molar-refractivity contribution in [1.82, 2.24) is 10.3 Å². The lowest BCUT2D eigenvalue weighted by Crippen LogP contribution is -2.42. The van der Waals surface area contributed by atoms with E-state index in [1.165, 1.54) is 6.07 Å². The smallest absolute Gasteiger partial charge is 0.354 e. The van der Waals surface area contributed by atoms with E-state index in [0.717, 1.165) is 6.42 Å². The van der Waals surface area contributed by atoms with Crippen LogP contribution >= 0.6 is 0 Å². The molecule has 1 aromatic rings. The van der Waals surface area contributed by atoms with Gasteiger partial charge >= 0.3 is 5.97 Å². The monoisotopic (exact) mass is 252 g/mol. The third kappa shape index (κ3) is 4.09. The van der Waals surface area contributed by atoms with Gasteiger partial charge in [0, 0.05) is 18.7 Å². The molecule has 5 nitrogen and oxygen atoms in total. The van der Waals surface area contributed by atoms with Gasteiger partial charge in [0.1, 0.15) is 5.69 Å². The Morgan fingerprint density at radius 2 is 2.22 bits per heavy atom. The van der Waals surface area contributed by atoms with Crippen LogP contribution in [0, 0.1) is 0 Å². The van der Waals surface area contributed by atoms with Gasteiger partial charge in [-0.2, -0.15) is 0 Å². The molecule has 1 aromatic heterocycles. The molecule has 0 saturated heterocycles. The first-order valence-electron chi connectivity index (χ1n) is 6.06. The fourth-order valence-corrected chi connectivity index (χ4v) is 1.64. The minimum Gasteiger partial charge on any atom is -0.477 e. The highest BCUT2D eigenvalue weighted by Crippen LogP contribution is 2.14. The van der Waals surface area contributed by atoms with Crippen LogP contribution < -0.4 is 5.32 Å².